The number of nitrogens with one attached hydrogen (secondary N) is 1. The molecule has 16 heavy (non-hydrogen) atoms. The molecule has 94 valence electrons. The van der Waals surface area contributed by atoms with Crippen LogP contribution in [0.15, 0.2) is 0 Å². The fourth-order valence-electron chi connectivity index (χ4n) is 2.38. The topological polar surface area (TPSA) is 41.5 Å². The minimum absolute atomic E-state index is 0.627. The fraction of sp³-hybridized carbons (Fsp3) is 1.00. The maximum absolute atomic E-state index is 10.2. The van der Waals surface area contributed by atoms with Gasteiger partial charge in [0, 0.05) is 32.7 Å². The zero-order valence-electron chi connectivity index (χ0n) is 10.5. The molecule has 0 heterocycles. The van der Waals surface area contributed by atoms with Crippen molar-refractivity contribution in [3.8, 4) is 0 Å². The molecule has 0 bridgehead atoms. The molecule has 0 aliphatic heterocycles. The van der Waals surface area contributed by atoms with Crippen molar-refractivity contribution in [2.45, 2.75) is 50.7 Å². The summed E-state index contributed by atoms with van der Waals surface area (Å²) in [7, 11) is 1.68. The molecule has 0 aromatic heterocycles. The van der Waals surface area contributed by atoms with Gasteiger partial charge in [0.15, 0.2) is 0 Å². The fourth-order valence-corrected chi connectivity index (χ4v) is 2.38. The van der Waals surface area contributed by atoms with E-state index in [1.54, 1.807) is 7.11 Å². The molecule has 3 heteroatoms. The molecule has 0 spiro atoms. The largest absolute Gasteiger partial charge is 0.389 e. The van der Waals surface area contributed by atoms with Crippen LogP contribution in [-0.2, 0) is 4.74 Å². The molecular formula is C13H25NO2. The highest BCUT2D eigenvalue weighted by molar-refractivity contribution is 4.97. The zero-order chi connectivity index (χ0) is 11.6. The number of hydrogen-bond donors (Lipinski definition) is 2. The lowest BCUT2D eigenvalue weighted by Crippen LogP contribution is -2.44. The first-order valence-electron chi connectivity index (χ1n) is 6.57. The van der Waals surface area contributed by atoms with E-state index in [0.717, 1.165) is 11.8 Å². The second-order valence-corrected chi connectivity index (χ2v) is 5.82. The third-order valence-electron chi connectivity index (χ3n) is 3.82. The molecule has 2 rings (SSSR count). The van der Waals surface area contributed by atoms with Crippen LogP contribution in [0.2, 0.25) is 0 Å². The van der Waals surface area contributed by atoms with Gasteiger partial charge < -0.3 is 15.2 Å². The van der Waals surface area contributed by atoms with Gasteiger partial charge in [-0.3, -0.25) is 0 Å². The Morgan fingerprint density at radius 1 is 1.31 bits per heavy atom. The summed E-state index contributed by atoms with van der Waals surface area (Å²) in [6, 6.07) is 0.675. The van der Waals surface area contributed by atoms with Crippen LogP contribution < -0.4 is 5.32 Å². The summed E-state index contributed by atoms with van der Waals surface area (Å²) in [4.78, 5) is 0. The maximum Gasteiger partial charge on any atom is 0.0765 e. The van der Waals surface area contributed by atoms with Crippen LogP contribution in [0.5, 0.6) is 0 Å². The van der Waals surface area contributed by atoms with Gasteiger partial charge in [-0.25, -0.2) is 0 Å². The summed E-state index contributed by atoms with van der Waals surface area (Å²) >= 11 is 0. The van der Waals surface area contributed by atoms with Crippen LogP contribution in [0, 0.1) is 11.8 Å². The van der Waals surface area contributed by atoms with E-state index >= 15 is 0 Å². The van der Waals surface area contributed by atoms with Gasteiger partial charge >= 0.3 is 0 Å². The smallest absolute Gasteiger partial charge is 0.0765 e. The third kappa shape index (κ3) is 3.72. The van der Waals surface area contributed by atoms with Gasteiger partial charge in [-0.15, -0.1) is 0 Å². The van der Waals surface area contributed by atoms with Gasteiger partial charge in [-0.05, 0) is 44.4 Å². The zero-order valence-corrected chi connectivity index (χ0v) is 10.5. The average molecular weight is 227 g/mol. The lowest BCUT2D eigenvalue weighted by Gasteiger charge is -2.27. The predicted molar refractivity (Wildman–Crippen MR) is 64.4 cm³/mol. The van der Waals surface area contributed by atoms with E-state index in [-0.39, 0.29) is 0 Å². The van der Waals surface area contributed by atoms with Crippen molar-refractivity contribution in [3.63, 3.8) is 0 Å². The van der Waals surface area contributed by atoms with Crippen molar-refractivity contribution >= 4 is 0 Å². The van der Waals surface area contributed by atoms with E-state index in [9.17, 15) is 5.11 Å². The van der Waals surface area contributed by atoms with Gasteiger partial charge in [0.25, 0.3) is 0 Å². The van der Waals surface area contributed by atoms with Crippen molar-refractivity contribution in [2.24, 2.45) is 11.8 Å². The molecule has 2 aliphatic carbocycles. The number of methoxy groups -OCH3 is 1. The van der Waals surface area contributed by atoms with Crippen molar-refractivity contribution in [1.82, 2.24) is 5.32 Å². The highest BCUT2D eigenvalue weighted by atomic mass is 16.5. The van der Waals surface area contributed by atoms with Crippen molar-refractivity contribution in [1.29, 1.82) is 0 Å². The van der Waals surface area contributed by atoms with E-state index in [1.807, 2.05) is 6.92 Å². The normalized spacial score (nSPS) is 24.8. The minimum Gasteiger partial charge on any atom is -0.389 e. The Balaban J connectivity index is 1.71. The van der Waals surface area contributed by atoms with E-state index in [1.165, 1.54) is 25.7 Å². The van der Waals surface area contributed by atoms with Gasteiger partial charge in [-0.1, -0.05) is 0 Å². The van der Waals surface area contributed by atoms with E-state index in [0.29, 0.717) is 25.6 Å². The van der Waals surface area contributed by atoms with Gasteiger partial charge in [-0.2, -0.15) is 0 Å². The Bertz CT molecular complexity index is 210. The SMILES string of the molecule is COCCC(C)(O)CNC(C1CC1)C1CC1. The van der Waals surface area contributed by atoms with E-state index in [4.69, 9.17) is 4.74 Å². The van der Waals surface area contributed by atoms with E-state index in [2.05, 4.69) is 5.32 Å². The van der Waals surface area contributed by atoms with Crippen LogP contribution in [0.25, 0.3) is 0 Å². The molecule has 0 aromatic carbocycles. The highest BCUT2D eigenvalue weighted by Crippen LogP contribution is 2.44. The molecule has 0 amide bonds. The standard InChI is InChI=1S/C13H25NO2/c1-13(15,7-8-16-2)9-14-12(10-3-4-10)11-5-6-11/h10-12,14-15H,3-9H2,1-2H3. The monoisotopic (exact) mass is 227 g/mol. The first-order valence-corrected chi connectivity index (χ1v) is 6.57. The molecule has 0 radical (unpaired) electrons. The lowest BCUT2D eigenvalue weighted by atomic mass is 10.0. The van der Waals surface area contributed by atoms with Crippen molar-refractivity contribution in [2.75, 3.05) is 20.3 Å². The Kier molecular flexibility index (Phi) is 3.88. The molecule has 1 atom stereocenters. The second kappa shape index (κ2) is 5.03. The lowest BCUT2D eigenvalue weighted by molar-refractivity contribution is 0.0215. The number of hydrogen-bond acceptors (Lipinski definition) is 3. The molecule has 2 saturated carbocycles. The molecule has 0 aromatic rings. The van der Waals surface area contributed by atoms with Gasteiger partial charge in [0.2, 0.25) is 0 Å². The average Bonchev–Trinajstić information content (AvgIpc) is 3.06. The number of aliphatic hydroxyl groups is 1. The predicted octanol–water partition coefficient (Wildman–Crippen LogP) is 1.55. The first kappa shape index (κ1) is 12.3. The molecule has 2 fully saturated rings. The summed E-state index contributed by atoms with van der Waals surface area (Å²) in [6.07, 6.45) is 6.24. The molecule has 3 nitrogen and oxygen atoms in total. The first-order chi connectivity index (χ1) is 7.62. The van der Waals surface area contributed by atoms with Crippen LogP contribution in [0.3, 0.4) is 0 Å². The molecular weight excluding hydrogens is 202 g/mol. The summed E-state index contributed by atoms with van der Waals surface area (Å²) in [6.45, 7) is 3.23. The van der Waals surface area contributed by atoms with Crippen LogP contribution in [0.4, 0.5) is 0 Å². The third-order valence-corrected chi connectivity index (χ3v) is 3.82. The highest BCUT2D eigenvalue weighted by Gasteiger charge is 2.41. The Morgan fingerprint density at radius 2 is 1.88 bits per heavy atom. The van der Waals surface area contributed by atoms with Gasteiger partial charge in [0.05, 0.1) is 5.60 Å². The van der Waals surface area contributed by atoms with Crippen molar-refractivity contribution < 1.29 is 9.84 Å². The second-order valence-electron chi connectivity index (χ2n) is 5.82. The summed E-state index contributed by atoms with van der Waals surface area (Å²) in [5, 5.41) is 13.7. The molecule has 1 unspecified atom stereocenters. The van der Waals surface area contributed by atoms with Crippen molar-refractivity contribution in [3.05, 3.63) is 0 Å². The Morgan fingerprint density at radius 3 is 2.31 bits per heavy atom. The molecule has 2 aliphatic rings. The van der Waals surface area contributed by atoms with Crippen LogP contribution in [-0.4, -0.2) is 37.0 Å². The van der Waals surface area contributed by atoms with Crippen LogP contribution in [0.1, 0.15) is 39.0 Å². The summed E-state index contributed by atoms with van der Waals surface area (Å²) in [5.41, 5.74) is -0.627. The Hall–Kier alpha value is -0.120. The molecule has 2 N–H and O–H groups in total. The number of rotatable bonds is 8. The Labute approximate surface area is 98.6 Å². The minimum atomic E-state index is -0.627. The quantitative estimate of drug-likeness (QED) is 0.661. The van der Waals surface area contributed by atoms with E-state index < -0.39 is 5.60 Å². The maximum atomic E-state index is 10.2. The summed E-state index contributed by atoms with van der Waals surface area (Å²) in [5.74, 6) is 1.79. The summed E-state index contributed by atoms with van der Waals surface area (Å²) < 4.78 is 5.02. The van der Waals surface area contributed by atoms with Crippen LogP contribution >= 0.6 is 0 Å². The molecule has 0 saturated heterocycles. The van der Waals surface area contributed by atoms with Gasteiger partial charge in [0.1, 0.15) is 0 Å². The number of ether oxygens (including phenoxy) is 1.